The van der Waals surface area contributed by atoms with Gasteiger partial charge in [-0.1, -0.05) is 0 Å². The summed E-state index contributed by atoms with van der Waals surface area (Å²) in [5.74, 6) is 0. The average molecular weight is 426 g/mol. The highest BCUT2D eigenvalue weighted by Gasteiger charge is 2.29. The summed E-state index contributed by atoms with van der Waals surface area (Å²) in [6.45, 7) is 0.982. The molecule has 0 spiro atoms. The monoisotopic (exact) mass is 425 g/mol. The number of hydrogen-bond acceptors (Lipinski definition) is 7. The van der Waals surface area contributed by atoms with Crippen LogP contribution in [0.15, 0.2) is 59.1 Å². The zero-order valence-electron chi connectivity index (χ0n) is 15.5. The van der Waals surface area contributed by atoms with Crippen LogP contribution in [-0.2, 0) is 14.6 Å². The number of ether oxygens (including phenoxy) is 1. The number of sulfone groups is 1. The van der Waals surface area contributed by atoms with Crippen LogP contribution in [0.5, 0.6) is 0 Å². The molecule has 148 valence electrons. The van der Waals surface area contributed by atoms with Crippen LogP contribution in [0.2, 0.25) is 0 Å². The quantitative estimate of drug-likeness (QED) is 0.517. The molecule has 2 aromatic heterocycles. The molecule has 2 aromatic carbocycles. The van der Waals surface area contributed by atoms with Crippen molar-refractivity contribution in [2.45, 2.75) is 23.0 Å². The number of nitrogens with zero attached hydrogens (tertiary/aromatic N) is 2. The van der Waals surface area contributed by atoms with Crippen LogP contribution in [0.25, 0.3) is 21.1 Å². The highest BCUT2D eigenvalue weighted by atomic mass is 32.2. The van der Waals surface area contributed by atoms with Crippen LogP contribution in [0.3, 0.4) is 0 Å². The van der Waals surface area contributed by atoms with Crippen molar-refractivity contribution >= 4 is 53.7 Å². The molecule has 0 saturated carbocycles. The van der Waals surface area contributed by atoms with E-state index in [-0.39, 0.29) is 0 Å². The van der Waals surface area contributed by atoms with Crippen molar-refractivity contribution in [3.63, 3.8) is 0 Å². The number of hydrogen-bond donors (Lipinski definition) is 1. The van der Waals surface area contributed by atoms with E-state index < -0.39 is 15.1 Å². The molecule has 1 aliphatic rings. The molecule has 0 amide bonds. The maximum absolute atomic E-state index is 13.1. The lowest BCUT2D eigenvalue weighted by Crippen LogP contribution is -2.28. The van der Waals surface area contributed by atoms with Gasteiger partial charge in [-0.05, 0) is 55.3 Å². The summed E-state index contributed by atoms with van der Waals surface area (Å²) in [4.78, 5) is 9.09. The van der Waals surface area contributed by atoms with E-state index in [1.54, 1.807) is 35.7 Å². The minimum atomic E-state index is -3.41. The Labute approximate surface area is 172 Å². The van der Waals surface area contributed by atoms with Gasteiger partial charge in [0.25, 0.3) is 0 Å². The molecule has 3 heterocycles. The van der Waals surface area contributed by atoms with Gasteiger partial charge in [-0.25, -0.2) is 13.4 Å². The molecule has 1 saturated heterocycles. The Kier molecular flexibility index (Phi) is 4.69. The molecule has 4 aromatic rings. The third-order valence-electron chi connectivity index (χ3n) is 5.26. The molecule has 6 nitrogen and oxygen atoms in total. The average Bonchev–Trinajstić information content (AvgIpc) is 3.22. The van der Waals surface area contributed by atoms with Crippen molar-refractivity contribution in [2.24, 2.45) is 0 Å². The van der Waals surface area contributed by atoms with E-state index in [9.17, 15) is 8.42 Å². The first-order valence-electron chi connectivity index (χ1n) is 9.42. The van der Waals surface area contributed by atoms with Crippen molar-refractivity contribution in [2.75, 3.05) is 18.5 Å². The van der Waals surface area contributed by atoms with Crippen LogP contribution in [0.1, 0.15) is 12.8 Å². The summed E-state index contributed by atoms with van der Waals surface area (Å²) < 4.78 is 32.7. The molecular formula is C21H19N3O3S2. The molecule has 0 aliphatic carbocycles. The molecule has 5 rings (SSSR count). The molecule has 0 atom stereocenters. The predicted molar refractivity (Wildman–Crippen MR) is 116 cm³/mol. The largest absolute Gasteiger partial charge is 0.381 e. The third-order valence-corrected chi connectivity index (χ3v) is 8.33. The first-order chi connectivity index (χ1) is 14.1. The lowest BCUT2D eigenvalue weighted by atomic mass is 10.2. The van der Waals surface area contributed by atoms with Crippen molar-refractivity contribution in [3.8, 4) is 0 Å². The number of pyridine rings is 1. The summed E-state index contributed by atoms with van der Waals surface area (Å²) >= 11 is 1.60. The van der Waals surface area contributed by atoms with Gasteiger partial charge in [0.2, 0.25) is 0 Å². The van der Waals surface area contributed by atoms with Crippen LogP contribution in [0.4, 0.5) is 11.4 Å². The van der Waals surface area contributed by atoms with Crippen molar-refractivity contribution in [1.82, 2.24) is 9.97 Å². The lowest BCUT2D eigenvalue weighted by molar-refractivity contribution is 0.0983. The fraction of sp³-hybridized carbons (Fsp3) is 0.238. The topological polar surface area (TPSA) is 81.2 Å². The summed E-state index contributed by atoms with van der Waals surface area (Å²) in [6.07, 6.45) is 2.79. The van der Waals surface area contributed by atoms with E-state index in [2.05, 4.69) is 15.3 Å². The molecule has 1 fully saturated rings. The van der Waals surface area contributed by atoms with Gasteiger partial charge in [0.1, 0.15) is 0 Å². The maximum Gasteiger partial charge on any atom is 0.181 e. The SMILES string of the molecule is O=S(=O)(c1ccc2nccc(Nc3ccc4scnc4c3)c2c1)C1CCOCC1. The number of anilines is 2. The van der Waals surface area contributed by atoms with Gasteiger partial charge in [0.15, 0.2) is 9.84 Å². The van der Waals surface area contributed by atoms with Crippen molar-refractivity contribution in [1.29, 1.82) is 0 Å². The van der Waals surface area contributed by atoms with Gasteiger partial charge in [-0.15, -0.1) is 11.3 Å². The van der Waals surface area contributed by atoms with E-state index in [0.29, 0.717) is 31.0 Å². The van der Waals surface area contributed by atoms with E-state index in [1.165, 1.54) is 0 Å². The second-order valence-electron chi connectivity index (χ2n) is 7.05. The molecular weight excluding hydrogens is 406 g/mol. The van der Waals surface area contributed by atoms with Crippen LogP contribution >= 0.6 is 11.3 Å². The lowest BCUT2D eigenvalue weighted by Gasteiger charge is -2.22. The van der Waals surface area contributed by atoms with E-state index in [1.807, 2.05) is 29.8 Å². The zero-order valence-corrected chi connectivity index (χ0v) is 17.2. The Balaban J connectivity index is 1.54. The second kappa shape index (κ2) is 7.37. The second-order valence-corrected chi connectivity index (χ2v) is 10.2. The summed E-state index contributed by atoms with van der Waals surface area (Å²) in [6, 6.07) is 13.0. The highest BCUT2D eigenvalue weighted by Crippen LogP contribution is 2.31. The molecule has 0 radical (unpaired) electrons. The predicted octanol–water partition coefficient (Wildman–Crippen LogP) is 4.54. The summed E-state index contributed by atoms with van der Waals surface area (Å²) in [7, 11) is -3.41. The molecule has 1 aliphatic heterocycles. The number of nitrogens with one attached hydrogen (secondary N) is 1. The number of thiazole rings is 1. The summed E-state index contributed by atoms with van der Waals surface area (Å²) in [5, 5.41) is 3.78. The fourth-order valence-electron chi connectivity index (χ4n) is 3.68. The number of aromatic nitrogens is 2. The van der Waals surface area contributed by atoms with E-state index >= 15 is 0 Å². The van der Waals surface area contributed by atoms with Gasteiger partial charge in [0.05, 0.1) is 31.4 Å². The Morgan fingerprint density at radius 1 is 1.00 bits per heavy atom. The standard InChI is InChI=1S/C21H19N3O3S2/c25-29(26,15-6-9-27-10-7-15)16-2-3-18-17(12-16)19(5-8-22-18)24-14-1-4-21-20(11-14)23-13-28-21/h1-5,8,11-13,15H,6-7,9-10H2,(H,22,24). The fourth-order valence-corrected chi connectivity index (χ4v) is 6.08. The first kappa shape index (κ1) is 18.5. The maximum atomic E-state index is 13.1. The summed E-state index contributed by atoms with van der Waals surface area (Å²) in [5.41, 5.74) is 5.21. The number of rotatable bonds is 4. The van der Waals surface area contributed by atoms with Crippen LogP contribution in [0, 0.1) is 0 Å². The van der Waals surface area contributed by atoms with Crippen LogP contribution < -0.4 is 5.32 Å². The Morgan fingerprint density at radius 3 is 2.72 bits per heavy atom. The first-order valence-corrected chi connectivity index (χ1v) is 11.8. The minimum absolute atomic E-state index is 0.336. The number of fused-ring (bicyclic) bond motifs is 2. The van der Waals surface area contributed by atoms with Crippen molar-refractivity contribution < 1.29 is 13.2 Å². The Bertz CT molecular complexity index is 1300. The normalized spacial score (nSPS) is 15.7. The Hall–Kier alpha value is -2.55. The molecule has 29 heavy (non-hydrogen) atoms. The van der Waals surface area contributed by atoms with Gasteiger partial charge in [-0.2, -0.15) is 0 Å². The van der Waals surface area contributed by atoms with Crippen LogP contribution in [-0.4, -0.2) is 36.8 Å². The number of benzene rings is 2. The smallest absolute Gasteiger partial charge is 0.181 e. The van der Waals surface area contributed by atoms with Gasteiger partial charge in [0, 0.05) is 36.2 Å². The molecule has 0 unspecified atom stereocenters. The van der Waals surface area contributed by atoms with Gasteiger partial charge >= 0.3 is 0 Å². The molecule has 1 N–H and O–H groups in total. The minimum Gasteiger partial charge on any atom is -0.381 e. The van der Waals surface area contributed by atoms with Gasteiger partial charge < -0.3 is 10.1 Å². The molecule has 8 heteroatoms. The van der Waals surface area contributed by atoms with Crippen molar-refractivity contribution in [3.05, 3.63) is 54.2 Å². The van der Waals surface area contributed by atoms with E-state index in [0.717, 1.165) is 32.5 Å². The highest BCUT2D eigenvalue weighted by molar-refractivity contribution is 7.92. The Morgan fingerprint density at radius 2 is 1.86 bits per heavy atom. The molecule has 0 bridgehead atoms. The third kappa shape index (κ3) is 3.48. The van der Waals surface area contributed by atoms with E-state index in [4.69, 9.17) is 4.74 Å². The zero-order chi connectivity index (χ0) is 19.8. The van der Waals surface area contributed by atoms with Gasteiger partial charge in [-0.3, -0.25) is 4.98 Å².